The average molecular weight is 486 g/mol. The number of rotatable bonds is 1. The smallest absolute Gasteiger partial charge is 0.374 e. The summed E-state index contributed by atoms with van der Waals surface area (Å²) in [5.74, 6) is -0.523. The number of hydrogen-bond donors (Lipinski definition) is 1. The highest BCUT2D eigenvalue weighted by Gasteiger charge is 2.52. The predicted molar refractivity (Wildman–Crippen MR) is 104 cm³/mol. The molecule has 2 aliphatic rings. The molecule has 0 saturated carbocycles. The topological polar surface area (TPSA) is 52.9 Å². The first-order chi connectivity index (χ1) is 12.6. The number of aliphatic imine (C=N–C) groups is 1. The number of halogens is 4. The van der Waals surface area contributed by atoms with Gasteiger partial charge in [0, 0.05) is 27.8 Å². The highest BCUT2D eigenvalue weighted by molar-refractivity contribution is 14.1. The van der Waals surface area contributed by atoms with Crippen molar-refractivity contribution >= 4 is 45.6 Å². The Balaban J connectivity index is 1.88. The summed E-state index contributed by atoms with van der Waals surface area (Å²) in [5.41, 5.74) is -2.02. The Morgan fingerprint density at radius 2 is 1.89 bits per heavy atom. The maximum absolute atomic E-state index is 13.2. The summed E-state index contributed by atoms with van der Waals surface area (Å²) in [5, 5.41) is 11.0. The molecule has 0 radical (unpaired) electrons. The summed E-state index contributed by atoms with van der Waals surface area (Å²) in [6.07, 6.45) is -4.41. The normalized spacial score (nSPS) is 21.8. The molecule has 2 heterocycles. The van der Waals surface area contributed by atoms with Gasteiger partial charge >= 0.3 is 6.18 Å². The van der Waals surface area contributed by atoms with Crippen LogP contribution in [0.25, 0.3) is 0 Å². The molecule has 140 valence electrons. The first kappa shape index (κ1) is 18.4. The maximum atomic E-state index is 13.2. The standard InChI is InChI=1S/C19H14F3IN2O2/c1-10-8-13-15(9-14(10)19(20,21)22)24-17-18(27,16(13)26)6-7-25(17)12-4-2-11(23)3-5-12/h2-5,8-9,27H,6-7H2,1H3/t18-/m1/s1. The maximum Gasteiger partial charge on any atom is 0.416 e. The van der Waals surface area contributed by atoms with Gasteiger partial charge in [0.15, 0.2) is 5.60 Å². The van der Waals surface area contributed by atoms with E-state index in [-0.39, 0.29) is 29.1 Å². The molecule has 8 heteroatoms. The van der Waals surface area contributed by atoms with E-state index in [2.05, 4.69) is 27.6 Å². The van der Waals surface area contributed by atoms with Gasteiger partial charge < -0.3 is 10.0 Å². The molecular formula is C19H14F3IN2O2. The number of fused-ring (bicyclic) bond motifs is 2. The van der Waals surface area contributed by atoms with Crippen LogP contribution < -0.4 is 4.90 Å². The molecule has 4 rings (SSSR count). The minimum atomic E-state index is -4.54. The molecule has 2 aromatic rings. The number of carbonyl (C=O) groups is 1. The predicted octanol–water partition coefficient (Wildman–Crippen LogP) is 4.49. The highest BCUT2D eigenvalue weighted by Crippen LogP contribution is 2.43. The quantitative estimate of drug-likeness (QED) is 0.605. The summed E-state index contributed by atoms with van der Waals surface area (Å²) in [7, 11) is 0. The number of hydrogen-bond acceptors (Lipinski definition) is 4. The number of ketones is 1. The highest BCUT2D eigenvalue weighted by atomic mass is 127. The van der Waals surface area contributed by atoms with E-state index in [9.17, 15) is 23.1 Å². The zero-order chi connectivity index (χ0) is 19.6. The number of alkyl halides is 3. The lowest BCUT2D eigenvalue weighted by atomic mass is 9.86. The van der Waals surface area contributed by atoms with Crippen LogP contribution in [0.15, 0.2) is 41.4 Å². The molecular weight excluding hydrogens is 472 g/mol. The van der Waals surface area contributed by atoms with Crippen LogP contribution in [0.2, 0.25) is 0 Å². The second-order valence-corrected chi connectivity index (χ2v) is 7.93. The Morgan fingerprint density at radius 1 is 1.22 bits per heavy atom. The number of anilines is 1. The Hall–Kier alpha value is -1.94. The molecule has 0 amide bonds. The van der Waals surface area contributed by atoms with Crippen LogP contribution in [-0.4, -0.2) is 28.9 Å². The van der Waals surface area contributed by atoms with Gasteiger partial charge in [0.05, 0.1) is 11.3 Å². The third-order valence-corrected chi connectivity index (χ3v) is 5.67. The molecule has 1 N–H and O–H groups in total. The van der Waals surface area contributed by atoms with E-state index in [1.807, 2.05) is 24.3 Å². The Kier molecular flexibility index (Phi) is 4.12. The van der Waals surface area contributed by atoms with Gasteiger partial charge in [-0.3, -0.25) is 4.79 Å². The summed E-state index contributed by atoms with van der Waals surface area (Å²) >= 11 is 2.16. The van der Waals surface area contributed by atoms with E-state index in [0.29, 0.717) is 6.54 Å². The lowest BCUT2D eigenvalue weighted by Gasteiger charge is -2.30. The lowest BCUT2D eigenvalue weighted by Crippen LogP contribution is -2.48. The van der Waals surface area contributed by atoms with Crippen molar-refractivity contribution in [2.24, 2.45) is 4.99 Å². The second kappa shape index (κ2) is 6.03. The number of Topliss-reactive ketones (excluding diaryl/α,β-unsaturated/α-hetero) is 1. The summed E-state index contributed by atoms with van der Waals surface area (Å²) < 4.78 is 40.8. The van der Waals surface area contributed by atoms with Gasteiger partial charge in [-0.05, 0) is 71.5 Å². The molecule has 1 saturated heterocycles. The van der Waals surface area contributed by atoms with Crippen LogP contribution in [-0.2, 0) is 6.18 Å². The van der Waals surface area contributed by atoms with Crippen molar-refractivity contribution in [1.82, 2.24) is 0 Å². The van der Waals surface area contributed by atoms with E-state index >= 15 is 0 Å². The van der Waals surface area contributed by atoms with Crippen molar-refractivity contribution in [3.8, 4) is 0 Å². The molecule has 2 aliphatic heterocycles. The van der Waals surface area contributed by atoms with Gasteiger partial charge in [-0.1, -0.05) is 0 Å². The van der Waals surface area contributed by atoms with E-state index in [1.165, 1.54) is 13.0 Å². The van der Waals surface area contributed by atoms with E-state index < -0.39 is 23.1 Å². The van der Waals surface area contributed by atoms with Crippen molar-refractivity contribution in [3.05, 3.63) is 56.7 Å². The molecule has 27 heavy (non-hydrogen) atoms. The third kappa shape index (κ3) is 2.85. The minimum absolute atomic E-state index is 0.0243. The summed E-state index contributed by atoms with van der Waals surface area (Å²) in [6, 6.07) is 9.46. The number of amidine groups is 1. The van der Waals surface area contributed by atoms with Crippen LogP contribution in [0.5, 0.6) is 0 Å². The fourth-order valence-corrected chi connectivity index (χ4v) is 3.93. The fourth-order valence-electron chi connectivity index (χ4n) is 3.57. The van der Waals surface area contributed by atoms with Crippen LogP contribution in [0.1, 0.15) is 27.9 Å². The van der Waals surface area contributed by atoms with Gasteiger partial charge in [-0.15, -0.1) is 0 Å². The van der Waals surface area contributed by atoms with Gasteiger partial charge in [-0.25, -0.2) is 4.99 Å². The fraction of sp³-hybridized carbons (Fsp3) is 0.263. The molecule has 0 aliphatic carbocycles. The first-order valence-corrected chi connectivity index (χ1v) is 9.30. The molecule has 1 fully saturated rings. The van der Waals surface area contributed by atoms with Crippen LogP contribution in [0.4, 0.5) is 24.5 Å². The number of aliphatic hydroxyl groups is 1. The van der Waals surface area contributed by atoms with Crippen LogP contribution in [0, 0.1) is 10.5 Å². The zero-order valence-corrected chi connectivity index (χ0v) is 16.3. The minimum Gasteiger partial charge on any atom is -0.374 e. The molecule has 0 unspecified atom stereocenters. The summed E-state index contributed by atoms with van der Waals surface area (Å²) in [4.78, 5) is 18.9. The molecule has 4 nitrogen and oxygen atoms in total. The lowest BCUT2D eigenvalue weighted by molar-refractivity contribution is -0.138. The van der Waals surface area contributed by atoms with Gasteiger partial charge in [-0.2, -0.15) is 13.2 Å². The van der Waals surface area contributed by atoms with E-state index in [0.717, 1.165) is 15.3 Å². The van der Waals surface area contributed by atoms with Crippen LogP contribution in [0.3, 0.4) is 0 Å². The third-order valence-electron chi connectivity index (χ3n) is 4.96. The molecule has 0 aromatic heterocycles. The average Bonchev–Trinajstić information content (AvgIpc) is 2.93. The largest absolute Gasteiger partial charge is 0.416 e. The second-order valence-electron chi connectivity index (χ2n) is 6.68. The van der Waals surface area contributed by atoms with Crippen molar-refractivity contribution in [2.45, 2.75) is 25.1 Å². The zero-order valence-electron chi connectivity index (χ0n) is 14.1. The van der Waals surface area contributed by atoms with E-state index in [1.54, 1.807) is 4.90 Å². The van der Waals surface area contributed by atoms with Gasteiger partial charge in [0.2, 0.25) is 5.78 Å². The Labute approximate surface area is 166 Å². The first-order valence-electron chi connectivity index (χ1n) is 8.22. The molecule has 1 atom stereocenters. The summed E-state index contributed by atoms with van der Waals surface area (Å²) in [6.45, 7) is 1.65. The van der Waals surface area contributed by atoms with Crippen molar-refractivity contribution in [1.29, 1.82) is 0 Å². The van der Waals surface area contributed by atoms with Crippen LogP contribution >= 0.6 is 22.6 Å². The molecule has 2 aromatic carbocycles. The SMILES string of the molecule is Cc1cc2c(cc1C(F)(F)F)N=C1N(c3ccc(I)cc3)CC[C@@]1(O)C2=O. The number of benzene rings is 2. The Morgan fingerprint density at radius 3 is 2.52 bits per heavy atom. The van der Waals surface area contributed by atoms with Crippen molar-refractivity contribution < 1.29 is 23.1 Å². The number of carbonyl (C=O) groups excluding carboxylic acids is 1. The number of nitrogens with zero attached hydrogens (tertiary/aromatic N) is 2. The number of aryl methyl sites for hydroxylation is 1. The van der Waals surface area contributed by atoms with Crippen molar-refractivity contribution in [3.63, 3.8) is 0 Å². The van der Waals surface area contributed by atoms with Crippen molar-refractivity contribution in [2.75, 3.05) is 11.4 Å². The van der Waals surface area contributed by atoms with Gasteiger partial charge in [0.1, 0.15) is 5.84 Å². The molecule has 0 spiro atoms. The van der Waals surface area contributed by atoms with Gasteiger partial charge in [0.25, 0.3) is 0 Å². The van der Waals surface area contributed by atoms with E-state index in [4.69, 9.17) is 0 Å². The monoisotopic (exact) mass is 486 g/mol. The Bertz CT molecular complexity index is 986. The molecule has 0 bridgehead atoms.